The van der Waals surface area contributed by atoms with Gasteiger partial charge in [-0.2, -0.15) is 0 Å². The van der Waals surface area contributed by atoms with Gasteiger partial charge in [-0.25, -0.2) is 9.97 Å². The molecule has 14 heavy (non-hydrogen) atoms. The van der Waals surface area contributed by atoms with E-state index in [9.17, 15) is 4.79 Å². The Bertz CT molecular complexity index is 483. The number of nitrogens with zero attached hydrogens (tertiary/aromatic N) is 2. The van der Waals surface area contributed by atoms with Crippen LogP contribution in [-0.2, 0) is 0 Å². The third kappa shape index (κ3) is 1.31. The van der Waals surface area contributed by atoms with Gasteiger partial charge in [-0.3, -0.25) is 4.79 Å². The first-order valence-electron chi connectivity index (χ1n) is 4.09. The largest absolute Gasteiger partial charge is 0.497 e. The van der Waals surface area contributed by atoms with Crippen LogP contribution in [-0.4, -0.2) is 23.4 Å². The zero-order chi connectivity index (χ0) is 9.97. The van der Waals surface area contributed by atoms with Gasteiger partial charge in [-0.1, -0.05) is 0 Å². The van der Waals surface area contributed by atoms with Crippen molar-refractivity contribution in [3.8, 4) is 5.75 Å². The first kappa shape index (κ1) is 8.62. The molecule has 0 aliphatic heterocycles. The summed E-state index contributed by atoms with van der Waals surface area (Å²) in [5.41, 5.74) is 1.11. The number of rotatable bonds is 2. The number of aldehydes is 1. The van der Waals surface area contributed by atoms with Crippen LogP contribution in [0.3, 0.4) is 0 Å². The van der Waals surface area contributed by atoms with Crippen molar-refractivity contribution < 1.29 is 9.53 Å². The first-order valence-corrected chi connectivity index (χ1v) is 4.09. The van der Waals surface area contributed by atoms with E-state index < -0.39 is 0 Å². The molecule has 0 N–H and O–H groups in total. The van der Waals surface area contributed by atoms with E-state index in [1.165, 1.54) is 6.33 Å². The zero-order valence-corrected chi connectivity index (χ0v) is 7.60. The minimum absolute atomic E-state index is 0.401. The molecule has 4 heteroatoms. The van der Waals surface area contributed by atoms with Crippen molar-refractivity contribution in [1.82, 2.24) is 9.97 Å². The molecule has 4 nitrogen and oxygen atoms in total. The maximum absolute atomic E-state index is 10.7. The number of aromatic nitrogens is 2. The molecule has 0 saturated carbocycles. The molecule has 1 heterocycles. The number of carbonyl (C=O) groups excluding carboxylic acids is 1. The highest BCUT2D eigenvalue weighted by Gasteiger charge is 2.02. The number of fused-ring (bicyclic) bond motifs is 1. The van der Waals surface area contributed by atoms with Crippen molar-refractivity contribution >= 4 is 17.2 Å². The van der Waals surface area contributed by atoms with Gasteiger partial charge in [-0.05, 0) is 12.1 Å². The SMILES string of the molecule is COc1ccc2c(C=O)ncnc2c1. The summed E-state index contributed by atoms with van der Waals surface area (Å²) >= 11 is 0. The van der Waals surface area contributed by atoms with Gasteiger partial charge in [-0.15, -0.1) is 0 Å². The predicted octanol–water partition coefficient (Wildman–Crippen LogP) is 1.45. The smallest absolute Gasteiger partial charge is 0.169 e. The van der Waals surface area contributed by atoms with Crippen LogP contribution < -0.4 is 4.74 Å². The van der Waals surface area contributed by atoms with Crippen LogP contribution in [0, 0.1) is 0 Å². The Balaban J connectivity index is 2.73. The third-order valence-electron chi connectivity index (χ3n) is 1.99. The van der Waals surface area contributed by atoms with Gasteiger partial charge in [0.2, 0.25) is 0 Å². The molecule has 1 aromatic heterocycles. The number of ether oxygens (including phenoxy) is 1. The summed E-state index contributed by atoms with van der Waals surface area (Å²) < 4.78 is 5.05. The standard InChI is InChI=1S/C10H8N2O2/c1-14-7-2-3-8-9(4-7)11-6-12-10(8)5-13/h2-6H,1H3. The van der Waals surface area contributed by atoms with Gasteiger partial charge >= 0.3 is 0 Å². The van der Waals surface area contributed by atoms with Crippen LogP contribution in [0.15, 0.2) is 24.5 Å². The summed E-state index contributed by atoms with van der Waals surface area (Å²) in [4.78, 5) is 18.6. The van der Waals surface area contributed by atoms with Crippen LogP contribution in [0.2, 0.25) is 0 Å². The summed E-state index contributed by atoms with van der Waals surface area (Å²) in [5.74, 6) is 0.716. The Labute approximate surface area is 80.6 Å². The maximum atomic E-state index is 10.7. The van der Waals surface area contributed by atoms with Gasteiger partial charge in [0.15, 0.2) is 6.29 Å². The average Bonchev–Trinajstić information content (AvgIpc) is 2.27. The predicted molar refractivity (Wildman–Crippen MR) is 51.5 cm³/mol. The third-order valence-corrected chi connectivity index (χ3v) is 1.99. The molecule has 0 atom stereocenters. The van der Waals surface area contributed by atoms with E-state index in [1.54, 1.807) is 25.3 Å². The topological polar surface area (TPSA) is 52.1 Å². The minimum atomic E-state index is 0.401. The Morgan fingerprint density at radius 1 is 1.36 bits per heavy atom. The summed E-state index contributed by atoms with van der Waals surface area (Å²) in [6, 6.07) is 5.32. The fraction of sp³-hybridized carbons (Fsp3) is 0.100. The average molecular weight is 188 g/mol. The summed E-state index contributed by atoms with van der Waals surface area (Å²) in [7, 11) is 1.59. The lowest BCUT2D eigenvalue weighted by Crippen LogP contribution is -1.92. The minimum Gasteiger partial charge on any atom is -0.497 e. The van der Waals surface area contributed by atoms with Crippen molar-refractivity contribution in [2.75, 3.05) is 7.11 Å². The second-order valence-electron chi connectivity index (χ2n) is 2.76. The number of carbonyl (C=O) groups is 1. The van der Waals surface area contributed by atoms with Crippen LogP contribution in [0.4, 0.5) is 0 Å². The van der Waals surface area contributed by atoms with Crippen molar-refractivity contribution in [2.45, 2.75) is 0 Å². The molecule has 0 amide bonds. The van der Waals surface area contributed by atoms with Gasteiger partial charge in [0.05, 0.1) is 12.6 Å². The van der Waals surface area contributed by atoms with E-state index >= 15 is 0 Å². The molecule has 0 spiro atoms. The van der Waals surface area contributed by atoms with Crippen molar-refractivity contribution in [1.29, 1.82) is 0 Å². The summed E-state index contributed by atoms with van der Waals surface area (Å²) in [6.45, 7) is 0. The van der Waals surface area contributed by atoms with Gasteiger partial charge in [0.25, 0.3) is 0 Å². The second kappa shape index (κ2) is 3.41. The lowest BCUT2D eigenvalue weighted by atomic mass is 10.2. The highest BCUT2D eigenvalue weighted by atomic mass is 16.5. The molecule has 0 saturated heterocycles. The molecular formula is C10H8N2O2. The van der Waals surface area contributed by atoms with E-state index in [-0.39, 0.29) is 0 Å². The van der Waals surface area contributed by atoms with Crippen molar-refractivity contribution in [2.24, 2.45) is 0 Å². The molecule has 1 aromatic carbocycles. The molecule has 0 radical (unpaired) electrons. The number of hydrogen-bond acceptors (Lipinski definition) is 4. The monoisotopic (exact) mass is 188 g/mol. The molecule has 2 aromatic rings. The molecule has 0 aliphatic carbocycles. The highest BCUT2D eigenvalue weighted by Crippen LogP contribution is 2.19. The normalized spacial score (nSPS) is 10.1. The zero-order valence-electron chi connectivity index (χ0n) is 7.60. The maximum Gasteiger partial charge on any atom is 0.169 e. The molecule has 70 valence electrons. The molecule has 0 fully saturated rings. The van der Waals surface area contributed by atoms with Gasteiger partial charge in [0.1, 0.15) is 17.8 Å². The Hall–Kier alpha value is -1.97. The number of benzene rings is 1. The van der Waals surface area contributed by atoms with Crippen LogP contribution in [0.5, 0.6) is 5.75 Å². The molecular weight excluding hydrogens is 180 g/mol. The van der Waals surface area contributed by atoms with E-state index in [0.29, 0.717) is 17.0 Å². The second-order valence-corrected chi connectivity index (χ2v) is 2.76. The Morgan fingerprint density at radius 2 is 2.21 bits per heavy atom. The van der Waals surface area contributed by atoms with Crippen LogP contribution >= 0.6 is 0 Å². The molecule has 0 aliphatic rings. The Kier molecular flexibility index (Phi) is 2.10. The van der Waals surface area contributed by atoms with E-state index in [4.69, 9.17) is 4.74 Å². The van der Waals surface area contributed by atoms with Crippen LogP contribution in [0.1, 0.15) is 10.5 Å². The lowest BCUT2D eigenvalue weighted by molar-refractivity contribution is 0.112. The summed E-state index contributed by atoms with van der Waals surface area (Å²) in [5, 5.41) is 0.739. The van der Waals surface area contributed by atoms with Crippen molar-refractivity contribution in [3.63, 3.8) is 0 Å². The fourth-order valence-corrected chi connectivity index (χ4v) is 1.28. The quantitative estimate of drug-likeness (QED) is 0.669. The van der Waals surface area contributed by atoms with Crippen molar-refractivity contribution in [3.05, 3.63) is 30.2 Å². The summed E-state index contributed by atoms with van der Waals surface area (Å²) in [6.07, 6.45) is 2.09. The van der Waals surface area contributed by atoms with E-state index in [1.807, 2.05) is 0 Å². The lowest BCUT2D eigenvalue weighted by Gasteiger charge is -2.02. The van der Waals surface area contributed by atoms with E-state index in [0.717, 1.165) is 11.7 Å². The Morgan fingerprint density at radius 3 is 2.93 bits per heavy atom. The fourth-order valence-electron chi connectivity index (χ4n) is 1.28. The van der Waals surface area contributed by atoms with Gasteiger partial charge < -0.3 is 4.74 Å². The first-order chi connectivity index (χ1) is 6.85. The number of methoxy groups -OCH3 is 1. The molecule has 0 unspecified atom stereocenters. The number of hydrogen-bond donors (Lipinski definition) is 0. The highest BCUT2D eigenvalue weighted by molar-refractivity contribution is 5.94. The van der Waals surface area contributed by atoms with E-state index in [2.05, 4.69) is 9.97 Å². The van der Waals surface area contributed by atoms with Crippen LogP contribution in [0.25, 0.3) is 10.9 Å². The molecule has 2 rings (SSSR count). The van der Waals surface area contributed by atoms with Gasteiger partial charge in [0, 0.05) is 11.5 Å². The molecule has 0 bridgehead atoms.